The number of rotatable bonds is 11. The van der Waals surface area contributed by atoms with Crippen LogP contribution >= 0.6 is 19.4 Å². The van der Waals surface area contributed by atoms with E-state index < -0.39 is 36.6 Å². The number of thioether (sulfide) groups is 1. The molecule has 0 radical (unpaired) electrons. The highest BCUT2D eigenvalue weighted by Crippen LogP contribution is 2.65. The fourth-order valence-corrected chi connectivity index (χ4v) is 6.45. The van der Waals surface area contributed by atoms with Gasteiger partial charge >= 0.3 is 13.6 Å². The van der Waals surface area contributed by atoms with Gasteiger partial charge in [-0.3, -0.25) is 14.7 Å². The van der Waals surface area contributed by atoms with Crippen molar-refractivity contribution in [3.8, 4) is 0 Å². The van der Waals surface area contributed by atoms with E-state index in [2.05, 4.69) is 5.32 Å². The minimum absolute atomic E-state index is 0.148. The molecule has 1 aliphatic heterocycles. The van der Waals surface area contributed by atoms with Gasteiger partial charge in [0.25, 0.3) is 5.69 Å². The molecule has 188 valence electrons. The summed E-state index contributed by atoms with van der Waals surface area (Å²) in [5, 5.41) is 14.9. The molecule has 1 N–H and O–H groups in total. The van der Waals surface area contributed by atoms with Gasteiger partial charge in [0.05, 0.1) is 33.9 Å². The fraction of sp³-hybridized carbons (Fsp3) is 0.522. The number of allylic oxidation sites excluding steroid dienone is 3. The third-order valence-corrected chi connectivity index (χ3v) is 8.03. The molecule has 9 nitrogen and oxygen atoms in total. The standard InChI is InChI=1S/C23H33N2O7PS/c1-14(2)31-33(29,32-15(3)4)22-17(6)24-16(5)20(23(26)30-11-12-34-7)21(22)18-9-8-10-19(13-18)25(27)28/h8-10,13-15,21,24H,11-12H2,1-7H3. The van der Waals surface area contributed by atoms with Crippen molar-refractivity contribution in [2.24, 2.45) is 0 Å². The van der Waals surface area contributed by atoms with Crippen molar-refractivity contribution in [1.82, 2.24) is 5.32 Å². The van der Waals surface area contributed by atoms with E-state index >= 15 is 0 Å². The van der Waals surface area contributed by atoms with Crippen LogP contribution in [-0.2, 0) is 23.1 Å². The van der Waals surface area contributed by atoms with Gasteiger partial charge in [0.15, 0.2) is 0 Å². The number of nitrogens with one attached hydrogen (secondary N) is 1. The van der Waals surface area contributed by atoms with Crippen LogP contribution in [-0.4, -0.2) is 41.7 Å². The van der Waals surface area contributed by atoms with Crippen molar-refractivity contribution in [3.63, 3.8) is 0 Å². The smallest absolute Gasteiger partial charge is 0.360 e. The van der Waals surface area contributed by atoms with E-state index in [4.69, 9.17) is 13.8 Å². The van der Waals surface area contributed by atoms with E-state index in [1.54, 1.807) is 47.6 Å². The fourth-order valence-electron chi connectivity index (χ4n) is 3.75. The molecule has 0 aliphatic carbocycles. The summed E-state index contributed by atoms with van der Waals surface area (Å²) in [6, 6.07) is 5.93. The molecule has 34 heavy (non-hydrogen) atoms. The van der Waals surface area contributed by atoms with Crippen LogP contribution in [0, 0.1) is 10.1 Å². The molecule has 2 rings (SSSR count). The van der Waals surface area contributed by atoms with Crippen LogP contribution < -0.4 is 5.32 Å². The zero-order valence-electron chi connectivity index (χ0n) is 20.6. The molecule has 0 spiro atoms. The molecule has 0 saturated heterocycles. The summed E-state index contributed by atoms with van der Waals surface area (Å²) in [4.78, 5) is 24.2. The highest BCUT2D eigenvalue weighted by Gasteiger charge is 2.46. The largest absolute Gasteiger partial charge is 0.461 e. The third kappa shape index (κ3) is 6.72. The first-order valence-electron chi connectivity index (χ1n) is 11.0. The highest BCUT2D eigenvalue weighted by atomic mass is 32.2. The molecule has 1 aromatic rings. The summed E-state index contributed by atoms with van der Waals surface area (Å²) in [6.45, 7) is 10.6. The monoisotopic (exact) mass is 512 g/mol. The van der Waals surface area contributed by atoms with Gasteiger partial charge in [-0.25, -0.2) is 4.79 Å². The zero-order valence-corrected chi connectivity index (χ0v) is 22.3. The van der Waals surface area contributed by atoms with Crippen molar-refractivity contribution in [1.29, 1.82) is 0 Å². The molecule has 1 aliphatic rings. The number of hydrogen-bond donors (Lipinski definition) is 1. The predicted octanol–water partition coefficient (Wildman–Crippen LogP) is 5.74. The molecule has 1 unspecified atom stereocenters. The molecule has 0 saturated carbocycles. The molecule has 1 atom stereocenters. The molecule has 0 amide bonds. The van der Waals surface area contributed by atoms with Crippen LogP contribution in [0.5, 0.6) is 0 Å². The van der Waals surface area contributed by atoms with E-state index in [1.165, 1.54) is 30.0 Å². The first-order valence-corrected chi connectivity index (χ1v) is 13.9. The number of nitro groups is 1. The second-order valence-corrected chi connectivity index (χ2v) is 11.3. The quantitative estimate of drug-likeness (QED) is 0.130. The zero-order chi connectivity index (χ0) is 25.6. The predicted molar refractivity (Wildman–Crippen MR) is 134 cm³/mol. The second kappa shape index (κ2) is 12.0. The molecule has 11 heteroatoms. The number of esters is 1. The number of carbonyl (C=O) groups excluding carboxylic acids is 1. The van der Waals surface area contributed by atoms with Gasteiger partial charge in [0, 0.05) is 29.3 Å². The van der Waals surface area contributed by atoms with Crippen molar-refractivity contribution in [2.75, 3.05) is 18.6 Å². The summed E-state index contributed by atoms with van der Waals surface area (Å²) in [6.07, 6.45) is 1.01. The Morgan fingerprint density at radius 1 is 1.18 bits per heavy atom. The molecular weight excluding hydrogens is 479 g/mol. The van der Waals surface area contributed by atoms with E-state index in [1.807, 2.05) is 6.26 Å². The summed E-state index contributed by atoms with van der Waals surface area (Å²) < 4.78 is 31.5. The van der Waals surface area contributed by atoms with Gasteiger partial charge in [0.1, 0.15) is 6.61 Å². The number of dihydropyridines is 1. The Balaban J connectivity index is 2.77. The lowest BCUT2D eigenvalue weighted by molar-refractivity contribution is -0.384. The maximum absolute atomic E-state index is 14.3. The summed E-state index contributed by atoms with van der Waals surface area (Å²) in [5.41, 5.74) is 1.49. The van der Waals surface area contributed by atoms with Crippen molar-refractivity contribution in [3.05, 3.63) is 62.2 Å². The van der Waals surface area contributed by atoms with Crippen LogP contribution in [0.4, 0.5) is 5.69 Å². The van der Waals surface area contributed by atoms with Crippen LogP contribution in [0.3, 0.4) is 0 Å². The molecule has 0 fully saturated rings. The Morgan fingerprint density at radius 2 is 1.79 bits per heavy atom. The number of hydrogen-bond acceptors (Lipinski definition) is 9. The minimum atomic E-state index is -3.96. The Kier molecular flexibility index (Phi) is 9.94. The van der Waals surface area contributed by atoms with Crippen molar-refractivity contribution in [2.45, 2.75) is 59.7 Å². The number of benzene rings is 1. The van der Waals surface area contributed by atoms with Gasteiger partial charge in [0.2, 0.25) is 0 Å². The topological polar surface area (TPSA) is 117 Å². The van der Waals surface area contributed by atoms with Gasteiger partial charge in [-0.15, -0.1) is 0 Å². The minimum Gasteiger partial charge on any atom is -0.461 e. The van der Waals surface area contributed by atoms with E-state index in [0.717, 1.165) is 0 Å². The molecular formula is C23H33N2O7PS. The average Bonchev–Trinajstić information content (AvgIpc) is 2.71. The van der Waals surface area contributed by atoms with Crippen molar-refractivity contribution >= 4 is 31.0 Å². The Hall–Kier alpha value is -2.13. The Morgan fingerprint density at radius 3 is 2.32 bits per heavy atom. The van der Waals surface area contributed by atoms with Crippen LogP contribution in [0.15, 0.2) is 46.5 Å². The molecule has 1 heterocycles. The number of ether oxygens (including phenoxy) is 1. The molecule has 0 bridgehead atoms. The van der Waals surface area contributed by atoms with Crippen LogP contribution in [0.25, 0.3) is 0 Å². The summed E-state index contributed by atoms with van der Waals surface area (Å²) in [5.74, 6) is -0.910. The SMILES string of the molecule is CSCCOC(=O)C1=C(C)NC(C)=C(P(=O)(OC(C)C)OC(C)C)C1c1cccc([N+](=O)[O-])c1. The van der Waals surface area contributed by atoms with Crippen LogP contribution in [0.1, 0.15) is 53.0 Å². The van der Waals surface area contributed by atoms with Gasteiger partial charge in [-0.1, -0.05) is 12.1 Å². The van der Waals surface area contributed by atoms with E-state index in [9.17, 15) is 19.5 Å². The normalized spacial score (nSPS) is 16.8. The maximum Gasteiger partial charge on any atom is 0.360 e. The Labute approximate surface area is 205 Å². The lowest BCUT2D eigenvalue weighted by Gasteiger charge is -2.35. The number of nitrogens with zero attached hydrogens (tertiary/aromatic N) is 1. The first kappa shape index (κ1) is 28.1. The second-order valence-electron chi connectivity index (χ2n) is 8.39. The average molecular weight is 513 g/mol. The summed E-state index contributed by atoms with van der Waals surface area (Å²) in [7, 11) is -3.96. The number of carbonyl (C=O) groups is 1. The van der Waals surface area contributed by atoms with Crippen molar-refractivity contribution < 1.29 is 28.1 Å². The third-order valence-electron chi connectivity index (χ3n) is 4.87. The lowest BCUT2D eigenvalue weighted by Crippen LogP contribution is -2.30. The lowest BCUT2D eigenvalue weighted by atomic mass is 9.86. The van der Waals surface area contributed by atoms with Gasteiger partial charge < -0.3 is 19.1 Å². The first-order chi connectivity index (χ1) is 15.9. The highest BCUT2D eigenvalue weighted by molar-refractivity contribution is 7.98. The van der Waals surface area contributed by atoms with Gasteiger partial charge in [-0.2, -0.15) is 11.8 Å². The van der Waals surface area contributed by atoms with E-state index in [-0.39, 0.29) is 23.2 Å². The maximum atomic E-state index is 14.3. The number of nitro benzene ring substituents is 1. The Bertz CT molecular complexity index is 1020. The van der Waals surface area contributed by atoms with Crippen LogP contribution in [0.2, 0.25) is 0 Å². The van der Waals surface area contributed by atoms with Gasteiger partial charge in [-0.05, 0) is 53.4 Å². The molecule has 1 aromatic carbocycles. The number of non-ortho nitro benzene ring substituents is 1. The molecule has 0 aromatic heterocycles. The summed E-state index contributed by atoms with van der Waals surface area (Å²) >= 11 is 1.53. The van der Waals surface area contributed by atoms with E-state index in [0.29, 0.717) is 22.7 Å².